The highest BCUT2D eigenvalue weighted by molar-refractivity contribution is 8.00. The minimum absolute atomic E-state index is 0.00178. The maximum atomic E-state index is 13.1. The third-order valence-corrected chi connectivity index (χ3v) is 12.7. The number of likely N-dealkylation sites (tertiary alicyclic amines) is 1. The molecular formula is C22H35N3O6SSi. The van der Waals surface area contributed by atoms with Crippen LogP contribution in [0.15, 0.2) is 24.3 Å². The largest absolute Gasteiger partial charge is 0.445 e. The molecule has 184 valence electrons. The van der Waals surface area contributed by atoms with Gasteiger partial charge in [-0.1, -0.05) is 20.8 Å². The van der Waals surface area contributed by atoms with E-state index in [1.165, 1.54) is 12.1 Å². The molecule has 4 atom stereocenters. The molecule has 33 heavy (non-hydrogen) atoms. The van der Waals surface area contributed by atoms with Crippen LogP contribution in [0.25, 0.3) is 0 Å². The smallest absolute Gasteiger partial charge is 0.410 e. The van der Waals surface area contributed by atoms with Crippen LogP contribution in [0.1, 0.15) is 32.8 Å². The van der Waals surface area contributed by atoms with Gasteiger partial charge in [-0.15, -0.1) is 11.8 Å². The predicted octanol–water partition coefficient (Wildman–Crippen LogP) is 3.72. The summed E-state index contributed by atoms with van der Waals surface area (Å²) in [5.74, 6) is 0.789. The van der Waals surface area contributed by atoms with Gasteiger partial charge in [-0.2, -0.15) is 0 Å². The number of ether oxygens (including phenoxy) is 1. The predicted molar refractivity (Wildman–Crippen MR) is 131 cm³/mol. The van der Waals surface area contributed by atoms with Gasteiger partial charge < -0.3 is 19.2 Å². The van der Waals surface area contributed by atoms with E-state index in [0.29, 0.717) is 18.5 Å². The molecule has 2 aliphatic heterocycles. The maximum absolute atomic E-state index is 13.1. The van der Waals surface area contributed by atoms with Crippen LogP contribution in [0.3, 0.4) is 0 Å². The van der Waals surface area contributed by atoms with E-state index in [0.717, 1.165) is 5.75 Å². The average Bonchev–Trinajstić information content (AvgIpc) is 3.38. The van der Waals surface area contributed by atoms with Gasteiger partial charge in [-0.25, -0.2) is 4.79 Å². The molecule has 0 spiro atoms. The maximum Gasteiger partial charge on any atom is 0.410 e. The lowest BCUT2D eigenvalue weighted by atomic mass is 10.2. The Morgan fingerprint density at radius 2 is 2.00 bits per heavy atom. The fourth-order valence-electron chi connectivity index (χ4n) is 3.82. The highest BCUT2D eigenvalue weighted by atomic mass is 32.2. The Labute approximate surface area is 200 Å². The molecule has 9 nitrogen and oxygen atoms in total. The zero-order chi connectivity index (χ0) is 24.4. The zero-order valence-corrected chi connectivity index (χ0v) is 21.8. The van der Waals surface area contributed by atoms with Crippen LogP contribution >= 0.6 is 11.8 Å². The van der Waals surface area contributed by atoms with Gasteiger partial charge in [0.25, 0.3) is 5.69 Å². The standard InChI is InChI=1S/C22H35N3O6SSi/c1-22(2,3)33(4,5)31-18-10-19(20-23-16(12-26)14-32-20)24(11-18)21(27)30-13-15-6-8-17(9-7-15)25(28)29/h6-9,16,18-20,23,26H,10-14H2,1-5H3. The number of rotatable bonds is 7. The van der Waals surface area contributed by atoms with Crippen LogP contribution in [-0.2, 0) is 15.8 Å². The molecule has 2 aliphatic rings. The molecule has 2 saturated heterocycles. The fourth-order valence-corrected chi connectivity index (χ4v) is 6.59. The van der Waals surface area contributed by atoms with Crippen LogP contribution in [0.4, 0.5) is 10.5 Å². The Morgan fingerprint density at radius 3 is 2.55 bits per heavy atom. The van der Waals surface area contributed by atoms with E-state index in [-0.39, 0.29) is 47.5 Å². The number of thioether (sulfide) groups is 1. The first kappa shape index (κ1) is 26.0. The van der Waals surface area contributed by atoms with E-state index in [1.54, 1.807) is 28.8 Å². The Morgan fingerprint density at radius 1 is 1.33 bits per heavy atom. The van der Waals surface area contributed by atoms with Gasteiger partial charge in [-0.3, -0.25) is 15.4 Å². The summed E-state index contributed by atoms with van der Waals surface area (Å²) in [6.45, 7) is 11.6. The fraction of sp³-hybridized carbons (Fsp3) is 0.682. The number of aliphatic hydroxyl groups excluding tert-OH is 1. The molecule has 2 N–H and O–H groups in total. The van der Waals surface area contributed by atoms with Crippen LogP contribution in [0.5, 0.6) is 0 Å². The number of hydrogen-bond acceptors (Lipinski definition) is 8. The molecule has 0 saturated carbocycles. The molecule has 3 rings (SSSR count). The van der Waals surface area contributed by atoms with Crippen molar-refractivity contribution in [1.29, 1.82) is 0 Å². The van der Waals surface area contributed by atoms with Crippen molar-refractivity contribution in [3.8, 4) is 0 Å². The second-order valence-electron chi connectivity index (χ2n) is 10.2. The molecule has 1 amide bonds. The lowest BCUT2D eigenvalue weighted by Crippen LogP contribution is -2.47. The lowest BCUT2D eigenvalue weighted by Gasteiger charge is -2.38. The SMILES string of the molecule is CC(C)(C)[Si](C)(C)OC1CC(C2NC(CO)CS2)N(C(=O)OCc2ccc([N+](=O)[O-])cc2)C1. The summed E-state index contributed by atoms with van der Waals surface area (Å²) >= 11 is 1.71. The molecule has 11 heteroatoms. The van der Waals surface area contributed by atoms with Gasteiger partial charge in [-0.05, 0) is 42.2 Å². The zero-order valence-electron chi connectivity index (χ0n) is 19.9. The molecule has 0 aromatic heterocycles. The Bertz CT molecular complexity index is 848. The van der Waals surface area contributed by atoms with E-state index in [2.05, 4.69) is 39.2 Å². The van der Waals surface area contributed by atoms with Crippen LogP contribution in [-0.4, -0.2) is 71.8 Å². The molecular weight excluding hydrogens is 462 g/mol. The third-order valence-electron chi connectivity index (χ3n) is 6.76. The highest BCUT2D eigenvalue weighted by Gasteiger charge is 2.47. The number of amides is 1. The number of nitro benzene ring substituents is 1. The van der Waals surface area contributed by atoms with Crippen molar-refractivity contribution < 1.29 is 24.0 Å². The molecule has 2 heterocycles. The normalized spacial score (nSPS) is 25.9. The first-order valence-electron chi connectivity index (χ1n) is 11.2. The number of carbonyl (C=O) groups is 1. The van der Waals surface area contributed by atoms with Gasteiger partial charge in [0.15, 0.2) is 8.32 Å². The molecule has 0 aliphatic carbocycles. The summed E-state index contributed by atoms with van der Waals surface area (Å²) in [6.07, 6.45) is 0.218. The minimum Gasteiger partial charge on any atom is -0.445 e. The van der Waals surface area contributed by atoms with Crippen molar-refractivity contribution in [2.45, 2.75) is 75.5 Å². The van der Waals surface area contributed by atoms with Crippen molar-refractivity contribution in [3.05, 3.63) is 39.9 Å². The number of hydrogen-bond donors (Lipinski definition) is 2. The Hall–Kier alpha value is -1.66. The molecule has 0 radical (unpaired) electrons. The van der Waals surface area contributed by atoms with Gasteiger partial charge in [0.2, 0.25) is 0 Å². The van der Waals surface area contributed by atoms with E-state index in [1.807, 2.05) is 0 Å². The summed E-state index contributed by atoms with van der Waals surface area (Å²) in [4.78, 5) is 25.2. The number of nitro groups is 1. The number of aliphatic hydroxyl groups is 1. The summed E-state index contributed by atoms with van der Waals surface area (Å²) in [5, 5.41) is 23.8. The molecule has 2 fully saturated rings. The number of nitrogens with zero attached hydrogens (tertiary/aromatic N) is 2. The van der Waals surface area contributed by atoms with E-state index >= 15 is 0 Å². The molecule has 0 bridgehead atoms. The van der Waals surface area contributed by atoms with Crippen LogP contribution in [0.2, 0.25) is 18.1 Å². The Balaban J connectivity index is 1.69. The molecule has 1 aromatic rings. The van der Waals surface area contributed by atoms with E-state index in [4.69, 9.17) is 9.16 Å². The van der Waals surface area contributed by atoms with Crippen LogP contribution in [0, 0.1) is 10.1 Å². The third kappa shape index (κ3) is 6.27. The van der Waals surface area contributed by atoms with Crippen molar-refractivity contribution >= 4 is 31.9 Å². The second-order valence-corrected chi connectivity index (χ2v) is 16.2. The van der Waals surface area contributed by atoms with Gasteiger partial charge in [0.05, 0.1) is 29.0 Å². The number of nitrogens with one attached hydrogen (secondary N) is 1. The van der Waals surface area contributed by atoms with Crippen molar-refractivity contribution in [3.63, 3.8) is 0 Å². The molecule has 4 unspecified atom stereocenters. The van der Waals surface area contributed by atoms with E-state index in [9.17, 15) is 20.0 Å². The lowest BCUT2D eigenvalue weighted by molar-refractivity contribution is -0.384. The summed E-state index contributed by atoms with van der Waals surface area (Å²) in [5.41, 5.74) is 0.686. The van der Waals surface area contributed by atoms with Gasteiger partial charge in [0.1, 0.15) is 6.61 Å². The number of carbonyl (C=O) groups excluding carboxylic acids is 1. The average molecular weight is 498 g/mol. The van der Waals surface area contributed by atoms with Crippen molar-refractivity contribution in [1.82, 2.24) is 10.2 Å². The van der Waals surface area contributed by atoms with Gasteiger partial charge in [0, 0.05) is 30.5 Å². The summed E-state index contributed by atoms with van der Waals surface area (Å²) < 4.78 is 12.2. The Kier molecular flexibility index (Phi) is 8.10. The summed E-state index contributed by atoms with van der Waals surface area (Å²) in [7, 11) is -2.01. The second kappa shape index (κ2) is 10.3. The highest BCUT2D eigenvalue weighted by Crippen LogP contribution is 2.40. The summed E-state index contributed by atoms with van der Waals surface area (Å²) in [6, 6.07) is 5.90. The number of benzene rings is 1. The minimum atomic E-state index is -2.01. The van der Waals surface area contributed by atoms with Crippen LogP contribution < -0.4 is 5.32 Å². The quantitative estimate of drug-likeness (QED) is 0.333. The monoisotopic (exact) mass is 497 g/mol. The first-order valence-corrected chi connectivity index (χ1v) is 15.2. The van der Waals surface area contributed by atoms with Gasteiger partial charge >= 0.3 is 6.09 Å². The van der Waals surface area contributed by atoms with Crippen molar-refractivity contribution in [2.75, 3.05) is 18.9 Å². The van der Waals surface area contributed by atoms with E-state index < -0.39 is 19.3 Å². The van der Waals surface area contributed by atoms with Crippen molar-refractivity contribution in [2.24, 2.45) is 0 Å². The molecule has 1 aromatic carbocycles. The first-order chi connectivity index (χ1) is 15.4. The topological polar surface area (TPSA) is 114 Å². The number of non-ortho nitro benzene ring substituents is 1.